The average Bonchev–Trinajstić information content (AvgIpc) is 2.77. The van der Waals surface area contributed by atoms with Crippen molar-refractivity contribution in [2.45, 2.75) is 37.1 Å². The second-order valence-corrected chi connectivity index (χ2v) is 8.64. The number of nitrogens with zero attached hydrogens (tertiary/aromatic N) is 1. The van der Waals surface area contributed by atoms with E-state index in [2.05, 4.69) is 10.6 Å². The standard InChI is InChI=1S/C21H24N4O8S/c1-2-33-21(28)17(13-14-5-3-4-6-18(14)25(29)30)24-20(27)12-11-19(26)23-15-7-9-16(10-8-15)34(22,31)32/h3-10,17H,2,11-13H2,1H3,(H,23,26)(H,24,27)(H2,22,31,32). The van der Waals surface area contributed by atoms with Gasteiger partial charge in [0.25, 0.3) is 5.69 Å². The molecule has 0 bridgehead atoms. The van der Waals surface area contributed by atoms with Gasteiger partial charge in [-0.2, -0.15) is 0 Å². The van der Waals surface area contributed by atoms with Gasteiger partial charge in [0.05, 0.1) is 16.4 Å². The lowest BCUT2D eigenvalue weighted by Crippen LogP contribution is -2.43. The molecular formula is C21H24N4O8S. The number of nitro benzene ring substituents is 1. The Hall–Kier alpha value is -3.84. The third-order valence-electron chi connectivity index (χ3n) is 4.56. The Kier molecular flexibility index (Phi) is 9.21. The number of rotatable bonds is 11. The highest BCUT2D eigenvalue weighted by Crippen LogP contribution is 2.20. The van der Waals surface area contributed by atoms with Crippen molar-refractivity contribution in [3.63, 3.8) is 0 Å². The Labute approximate surface area is 195 Å². The summed E-state index contributed by atoms with van der Waals surface area (Å²) in [5.41, 5.74) is 0.351. The molecule has 12 nitrogen and oxygen atoms in total. The molecule has 2 aromatic rings. The van der Waals surface area contributed by atoms with Gasteiger partial charge in [0.1, 0.15) is 6.04 Å². The molecule has 0 aliphatic heterocycles. The molecule has 0 saturated heterocycles. The molecular weight excluding hydrogens is 468 g/mol. The van der Waals surface area contributed by atoms with Crippen LogP contribution < -0.4 is 15.8 Å². The first-order chi connectivity index (χ1) is 16.0. The number of anilines is 1. The second kappa shape index (κ2) is 11.9. The van der Waals surface area contributed by atoms with E-state index < -0.39 is 38.8 Å². The third-order valence-corrected chi connectivity index (χ3v) is 5.49. The molecule has 182 valence electrons. The van der Waals surface area contributed by atoms with E-state index in [1.54, 1.807) is 13.0 Å². The van der Waals surface area contributed by atoms with Crippen molar-refractivity contribution in [1.29, 1.82) is 0 Å². The Morgan fingerprint density at radius 3 is 2.26 bits per heavy atom. The van der Waals surface area contributed by atoms with Gasteiger partial charge in [-0.25, -0.2) is 18.4 Å². The monoisotopic (exact) mass is 492 g/mol. The number of primary sulfonamides is 1. The number of para-hydroxylation sites is 1. The maximum Gasteiger partial charge on any atom is 0.328 e. The first-order valence-electron chi connectivity index (χ1n) is 10.1. The summed E-state index contributed by atoms with van der Waals surface area (Å²) in [4.78, 5) is 47.3. The number of benzene rings is 2. The molecule has 0 saturated carbocycles. The fourth-order valence-corrected chi connectivity index (χ4v) is 3.48. The summed E-state index contributed by atoms with van der Waals surface area (Å²) in [5, 5.41) is 21.2. The lowest BCUT2D eigenvalue weighted by atomic mass is 10.0. The van der Waals surface area contributed by atoms with Crippen molar-refractivity contribution in [3.8, 4) is 0 Å². The number of hydrogen-bond acceptors (Lipinski definition) is 8. The van der Waals surface area contributed by atoms with E-state index in [9.17, 15) is 32.9 Å². The molecule has 13 heteroatoms. The molecule has 0 heterocycles. The highest BCUT2D eigenvalue weighted by Gasteiger charge is 2.26. The molecule has 0 aliphatic rings. The minimum Gasteiger partial charge on any atom is -0.464 e. The van der Waals surface area contributed by atoms with Crippen LogP contribution in [0.3, 0.4) is 0 Å². The maximum atomic E-state index is 12.4. The molecule has 0 aliphatic carbocycles. The zero-order chi connectivity index (χ0) is 25.3. The minimum absolute atomic E-state index is 0.0503. The first kappa shape index (κ1) is 26.4. The van der Waals surface area contributed by atoms with Gasteiger partial charge in [0.15, 0.2) is 0 Å². The summed E-state index contributed by atoms with van der Waals surface area (Å²) in [5.74, 6) is -1.91. The summed E-state index contributed by atoms with van der Waals surface area (Å²) < 4.78 is 27.5. The van der Waals surface area contributed by atoms with E-state index in [1.165, 1.54) is 42.5 Å². The number of hydrogen-bond donors (Lipinski definition) is 3. The van der Waals surface area contributed by atoms with Gasteiger partial charge in [0.2, 0.25) is 21.8 Å². The molecule has 1 unspecified atom stereocenters. The molecule has 0 spiro atoms. The van der Waals surface area contributed by atoms with Crippen molar-refractivity contribution >= 4 is 39.2 Å². The van der Waals surface area contributed by atoms with Gasteiger partial charge in [0, 0.05) is 36.6 Å². The fraction of sp³-hybridized carbons (Fsp3) is 0.286. The zero-order valence-electron chi connectivity index (χ0n) is 18.2. The summed E-state index contributed by atoms with van der Waals surface area (Å²) in [6.45, 7) is 1.64. The van der Waals surface area contributed by atoms with Crippen LogP contribution in [0, 0.1) is 10.1 Å². The second-order valence-electron chi connectivity index (χ2n) is 7.08. The molecule has 2 rings (SSSR count). The van der Waals surface area contributed by atoms with E-state index >= 15 is 0 Å². The van der Waals surface area contributed by atoms with Crippen molar-refractivity contribution < 1.29 is 32.5 Å². The van der Waals surface area contributed by atoms with Gasteiger partial charge in [-0.3, -0.25) is 19.7 Å². The van der Waals surface area contributed by atoms with Crippen LogP contribution in [0.15, 0.2) is 53.4 Å². The van der Waals surface area contributed by atoms with Gasteiger partial charge in [-0.05, 0) is 31.2 Å². The number of sulfonamides is 1. The fourth-order valence-electron chi connectivity index (χ4n) is 2.96. The van der Waals surface area contributed by atoms with Crippen molar-refractivity contribution in [3.05, 3.63) is 64.2 Å². The lowest BCUT2D eigenvalue weighted by Gasteiger charge is -2.17. The molecule has 0 radical (unpaired) electrons. The van der Waals surface area contributed by atoms with Gasteiger partial charge in [-0.1, -0.05) is 18.2 Å². The van der Waals surface area contributed by atoms with Crippen molar-refractivity contribution in [1.82, 2.24) is 5.32 Å². The van der Waals surface area contributed by atoms with Crippen molar-refractivity contribution in [2.24, 2.45) is 5.14 Å². The number of carbonyl (C=O) groups excluding carboxylic acids is 3. The van der Waals surface area contributed by atoms with Gasteiger partial charge in [-0.15, -0.1) is 0 Å². The lowest BCUT2D eigenvalue weighted by molar-refractivity contribution is -0.385. The quantitative estimate of drug-likeness (QED) is 0.237. The number of ether oxygens (including phenoxy) is 1. The maximum absolute atomic E-state index is 12.4. The van der Waals surface area contributed by atoms with Crippen LogP contribution in [0.5, 0.6) is 0 Å². The Morgan fingerprint density at radius 2 is 1.68 bits per heavy atom. The Balaban J connectivity index is 1.98. The van der Waals surface area contributed by atoms with E-state index in [4.69, 9.17) is 9.88 Å². The highest BCUT2D eigenvalue weighted by molar-refractivity contribution is 7.89. The average molecular weight is 493 g/mol. The third kappa shape index (κ3) is 7.94. The van der Waals surface area contributed by atoms with E-state index in [1.807, 2.05) is 0 Å². The normalized spacial score (nSPS) is 11.8. The Morgan fingerprint density at radius 1 is 1.06 bits per heavy atom. The molecule has 2 amide bonds. The summed E-state index contributed by atoms with van der Waals surface area (Å²) in [6.07, 6.45) is -0.665. The van der Waals surface area contributed by atoms with Crippen LogP contribution >= 0.6 is 0 Å². The smallest absolute Gasteiger partial charge is 0.328 e. The summed E-state index contributed by atoms with van der Waals surface area (Å²) in [7, 11) is -3.86. The highest BCUT2D eigenvalue weighted by atomic mass is 32.2. The number of amides is 2. The number of nitro groups is 1. The van der Waals surface area contributed by atoms with Gasteiger partial charge >= 0.3 is 5.97 Å². The van der Waals surface area contributed by atoms with Crippen LogP contribution in [0.1, 0.15) is 25.3 Å². The molecule has 2 aromatic carbocycles. The molecule has 0 aromatic heterocycles. The van der Waals surface area contributed by atoms with Crippen LogP contribution in [0.2, 0.25) is 0 Å². The molecule has 34 heavy (non-hydrogen) atoms. The van der Waals surface area contributed by atoms with Crippen LogP contribution in [0.4, 0.5) is 11.4 Å². The molecule has 1 atom stereocenters. The number of esters is 1. The van der Waals surface area contributed by atoms with Gasteiger partial charge < -0.3 is 15.4 Å². The van der Waals surface area contributed by atoms with Crippen LogP contribution in [-0.4, -0.2) is 43.8 Å². The van der Waals surface area contributed by atoms with E-state index in [0.29, 0.717) is 5.69 Å². The first-order valence-corrected chi connectivity index (χ1v) is 11.7. The van der Waals surface area contributed by atoms with Crippen molar-refractivity contribution in [2.75, 3.05) is 11.9 Å². The predicted molar refractivity (Wildman–Crippen MR) is 121 cm³/mol. The Bertz CT molecular complexity index is 1170. The molecule has 4 N–H and O–H groups in total. The van der Waals surface area contributed by atoms with E-state index in [-0.39, 0.29) is 42.0 Å². The zero-order valence-corrected chi connectivity index (χ0v) is 19.0. The number of nitrogens with one attached hydrogen (secondary N) is 2. The molecule has 0 fully saturated rings. The predicted octanol–water partition coefficient (Wildman–Crippen LogP) is 1.25. The summed E-state index contributed by atoms with van der Waals surface area (Å²) >= 11 is 0. The summed E-state index contributed by atoms with van der Waals surface area (Å²) in [6, 6.07) is 9.80. The minimum atomic E-state index is -3.86. The topological polar surface area (TPSA) is 188 Å². The number of carbonyl (C=O) groups is 3. The van der Waals surface area contributed by atoms with Crippen LogP contribution in [0.25, 0.3) is 0 Å². The van der Waals surface area contributed by atoms with E-state index in [0.717, 1.165) is 0 Å². The largest absolute Gasteiger partial charge is 0.464 e. The van der Waals surface area contributed by atoms with Crippen LogP contribution in [-0.2, 0) is 35.6 Å². The number of nitrogens with two attached hydrogens (primary N) is 1. The SMILES string of the molecule is CCOC(=O)C(Cc1ccccc1[N+](=O)[O-])NC(=O)CCC(=O)Nc1ccc(S(N)(=O)=O)cc1.